The summed E-state index contributed by atoms with van der Waals surface area (Å²) in [6.45, 7) is -3.17. The molecule has 0 saturated carbocycles. The molecule has 2 aliphatic heterocycles. The van der Waals surface area contributed by atoms with Crippen LogP contribution in [0, 0.1) is 0 Å². The third kappa shape index (κ3) is 5.38. The van der Waals surface area contributed by atoms with E-state index in [0.717, 1.165) is 0 Å². The smallest absolute Gasteiger partial charge is 0.224 e. The second-order valence-corrected chi connectivity index (χ2v) is 6.78. The summed E-state index contributed by atoms with van der Waals surface area (Å²) in [5, 5.41) is 86.8. The van der Waals surface area contributed by atoms with Crippen LogP contribution in [0.5, 0.6) is 0 Å². The van der Waals surface area contributed by atoms with Gasteiger partial charge in [0.25, 0.3) is 0 Å². The Morgan fingerprint density at radius 2 is 1.55 bits per heavy atom. The molecule has 2 rings (SSSR count). The summed E-state index contributed by atoms with van der Waals surface area (Å²) in [6.07, 6.45) is -14.3. The lowest BCUT2D eigenvalue weighted by atomic mass is 9.99. The Balaban J connectivity index is 2.03. The van der Waals surface area contributed by atoms with Crippen LogP contribution in [0.2, 0.25) is 0 Å². The van der Waals surface area contributed by atoms with Gasteiger partial charge in [-0.15, -0.1) is 0 Å². The van der Waals surface area contributed by atoms with Crippen LogP contribution < -0.4 is 0 Å². The minimum Gasteiger partial charge on any atom is -0.394 e. The molecule has 14 nitrogen and oxygen atoms in total. The molecule has 0 amide bonds. The average molecular weight is 432 g/mol. The van der Waals surface area contributed by atoms with Gasteiger partial charge in [0.05, 0.1) is 13.2 Å². The number of aliphatic hydroxyl groups is 9. The molecule has 0 aliphatic carbocycles. The molecule has 0 aromatic carbocycles. The zero-order valence-electron chi connectivity index (χ0n) is 15.3. The molecule has 0 aromatic rings. The molecule has 172 valence electrons. The fraction of sp³-hybridized carbons (Fsp3) is 1.00. The van der Waals surface area contributed by atoms with Gasteiger partial charge < -0.3 is 60.2 Å². The monoisotopic (exact) mass is 432 g/mol. The first-order chi connectivity index (χ1) is 13.7. The molecular formula is C15H28O14. The maximum absolute atomic E-state index is 10.1. The van der Waals surface area contributed by atoms with Gasteiger partial charge >= 0.3 is 0 Å². The highest BCUT2D eigenvalue weighted by molar-refractivity contribution is 4.98. The molecule has 29 heavy (non-hydrogen) atoms. The molecule has 9 N–H and O–H groups in total. The van der Waals surface area contributed by atoms with Crippen LogP contribution in [-0.4, -0.2) is 140 Å². The number of ether oxygens (including phenoxy) is 3. The number of hydrogen-bond acceptors (Lipinski definition) is 14. The number of rotatable bonds is 10. The number of aliphatic hydroxyl groups excluding tert-OH is 9. The Morgan fingerprint density at radius 3 is 2.10 bits per heavy atom. The lowest BCUT2D eigenvalue weighted by Gasteiger charge is -2.43. The maximum Gasteiger partial charge on any atom is 0.224 e. The quantitative estimate of drug-likeness (QED) is 0.0889. The molecule has 14 heteroatoms. The first kappa shape index (κ1) is 24.7. The predicted octanol–water partition coefficient (Wildman–Crippen LogP) is -6.09. The molecule has 1 unspecified atom stereocenters. The Morgan fingerprint density at radius 1 is 0.862 bits per heavy atom. The molecule has 0 bridgehead atoms. The van der Waals surface area contributed by atoms with E-state index in [4.69, 9.17) is 29.3 Å². The third-order valence-corrected chi connectivity index (χ3v) is 4.68. The topological polar surface area (TPSA) is 228 Å². The third-order valence-electron chi connectivity index (χ3n) is 4.68. The van der Waals surface area contributed by atoms with Gasteiger partial charge in [0, 0.05) is 0 Å². The Kier molecular flexibility index (Phi) is 9.07. The zero-order valence-corrected chi connectivity index (χ0v) is 15.3. The van der Waals surface area contributed by atoms with E-state index in [0.29, 0.717) is 0 Å². The zero-order chi connectivity index (χ0) is 21.8. The lowest BCUT2D eigenvalue weighted by molar-refractivity contribution is -0.396. The Labute approximate surface area is 164 Å². The molecule has 0 aromatic heterocycles. The van der Waals surface area contributed by atoms with Crippen LogP contribution in [0.3, 0.4) is 0 Å². The SMILES string of the molecule is OCC(O)COOC[C@H]1O[C@H](O[C@]2(CO)O[C@H](CO)[C@@H](O)[C@@H]2O)[C@H](O)[C@@H](O)[C@@H]1O. The van der Waals surface area contributed by atoms with Crippen LogP contribution in [0.15, 0.2) is 0 Å². The second kappa shape index (κ2) is 10.7. The van der Waals surface area contributed by atoms with Crippen molar-refractivity contribution >= 4 is 0 Å². The van der Waals surface area contributed by atoms with Crippen LogP contribution in [0.4, 0.5) is 0 Å². The molecule has 2 saturated heterocycles. The summed E-state index contributed by atoms with van der Waals surface area (Å²) in [5.74, 6) is -2.28. The van der Waals surface area contributed by atoms with Crippen LogP contribution in [-0.2, 0) is 24.0 Å². The molecule has 2 fully saturated rings. The van der Waals surface area contributed by atoms with Gasteiger partial charge in [0.2, 0.25) is 5.79 Å². The van der Waals surface area contributed by atoms with E-state index in [1.165, 1.54) is 0 Å². The van der Waals surface area contributed by atoms with Crippen molar-refractivity contribution in [3.8, 4) is 0 Å². The predicted molar refractivity (Wildman–Crippen MR) is 86.6 cm³/mol. The van der Waals surface area contributed by atoms with Gasteiger partial charge in [-0.1, -0.05) is 0 Å². The summed E-state index contributed by atoms with van der Waals surface area (Å²) < 4.78 is 15.8. The fourth-order valence-electron chi connectivity index (χ4n) is 2.91. The largest absolute Gasteiger partial charge is 0.394 e. The van der Waals surface area contributed by atoms with E-state index in [1.807, 2.05) is 0 Å². The van der Waals surface area contributed by atoms with Gasteiger partial charge in [-0.25, -0.2) is 9.78 Å². The van der Waals surface area contributed by atoms with Crippen molar-refractivity contribution in [2.24, 2.45) is 0 Å². The van der Waals surface area contributed by atoms with Crippen molar-refractivity contribution < 1.29 is 69.9 Å². The van der Waals surface area contributed by atoms with E-state index in [2.05, 4.69) is 4.89 Å². The standard InChI is InChI=1S/C15H28O14/c16-1-6(19)3-25-26-4-8-9(20)11(22)12(23)14(27-8)29-15(5-18)13(24)10(21)7(2-17)28-15/h6-14,16-24H,1-5H2/t6?,7-,8-,9-,10-,11+,12-,13+,14-,15+/m1/s1. The molecule has 0 radical (unpaired) electrons. The van der Waals surface area contributed by atoms with Gasteiger partial charge in [-0.3, -0.25) is 0 Å². The van der Waals surface area contributed by atoms with E-state index < -0.39 is 93.9 Å². The van der Waals surface area contributed by atoms with Crippen molar-refractivity contribution in [1.82, 2.24) is 0 Å². The highest BCUT2D eigenvalue weighted by atomic mass is 17.2. The summed E-state index contributed by atoms with van der Waals surface area (Å²) in [6, 6.07) is 0. The van der Waals surface area contributed by atoms with Crippen LogP contribution in [0.1, 0.15) is 0 Å². The van der Waals surface area contributed by atoms with E-state index in [1.54, 1.807) is 0 Å². The maximum atomic E-state index is 10.1. The van der Waals surface area contributed by atoms with Gasteiger partial charge in [0.15, 0.2) is 6.29 Å². The van der Waals surface area contributed by atoms with Crippen LogP contribution in [0.25, 0.3) is 0 Å². The van der Waals surface area contributed by atoms with Crippen molar-refractivity contribution in [2.75, 3.05) is 33.0 Å². The molecular weight excluding hydrogens is 404 g/mol. The fourth-order valence-corrected chi connectivity index (χ4v) is 2.91. The highest BCUT2D eigenvalue weighted by Gasteiger charge is 2.58. The first-order valence-corrected chi connectivity index (χ1v) is 8.87. The van der Waals surface area contributed by atoms with Crippen molar-refractivity contribution in [1.29, 1.82) is 0 Å². The molecule has 2 aliphatic rings. The summed E-state index contributed by atoms with van der Waals surface area (Å²) in [4.78, 5) is 9.35. The van der Waals surface area contributed by atoms with Gasteiger partial charge in [-0.2, -0.15) is 0 Å². The average Bonchev–Trinajstić information content (AvgIpc) is 2.97. The lowest BCUT2D eigenvalue weighted by Crippen LogP contribution is -2.62. The first-order valence-electron chi connectivity index (χ1n) is 8.87. The minimum absolute atomic E-state index is 0.390. The molecule has 10 atom stereocenters. The normalized spacial score (nSPS) is 44.2. The van der Waals surface area contributed by atoms with E-state index in [-0.39, 0.29) is 0 Å². The number of hydrogen-bond donors (Lipinski definition) is 9. The Bertz CT molecular complexity index is 496. The molecule has 0 spiro atoms. The Hall–Kier alpha value is -0.560. The van der Waals surface area contributed by atoms with Crippen molar-refractivity contribution in [2.45, 2.75) is 60.9 Å². The van der Waals surface area contributed by atoms with Crippen molar-refractivity contribution in [3.05, 3.63) is 0 Å². The second-order valence-electron chi connectivity index (χ2n) is 6.78. The minimum atomic E-state index is -2.28. The summed E-state index contributed by atoms with van der Waals surface area (Å²) in [7, 11) is 0. The van der Waals surface area contributed by atoms with E-state index in [9.17, 15) is 35.7 Å². The van der Waals surface area contributed by atoms with Crippen molar-refractivity contribution in [3.63, 3.8) is 0 Å². The van der Waals surface area contributed by atoms with Gasteiger partial charge in [-0.05, 0) is 0 Å². The van der Waals surface area contributed by atoms with Crippen LogP contribution >= 0.6 is 0 Å². The van der Waals surface area contributed by atoms with Gasteiger partial charge in [0.1, 0.15) is 68.7 Å². The van der Waals surface area contributed by atoms with E-state index >= 15 is 0 Å². The summed E-state index contributed by atoms with van der Waals surface area (Å²) >= 11 is 0. The highest BCUT2D eigenvalue weighted by Crippen LogP contribution is 2.35. The molecule has 2 heterocycles. The summed E-state index contributed by atoms with van der Waals surface area (Å²) in [5.41, 5.74) is 0.